The van der Waals surface area contributed by atoms with Crippen LogP contribution in [0.1, 0.15) is 73.1 Å². The summed E-state index contributed by atoms with van der Waals surface area (Å²) in [5, 5.41) is 2.54. The van der Waals surface area contributed by atoms with Crippen molar-refractivity contribution in [3.05, 3.63) is 65.2 Å². The number of benzene rings is 2. The van der Waals surface area contributed by atoms with E-state index < -0.39 is 0 Å². The minimum absolute atomic E-state index is 0.0591. The Labute approximate surface area is 191 Å². The van der Waals surface area contributed by atoms with Crippen molar-refractivity contribution >= 4 is 5.91 Å². The number of methoxy groups -OCH3 is 1. The number of rotatable bonds is 6. The largest absolute Gasteiger partial charge is 0.497 e. The zero-order valence-corrected chi connectivity index (χ0v) is 19.3. The first kappa shape index (κ1) is 20.3. The molecule has 4 fully saturated rings. The number of fused-ring (bicyclic) bond motifs is 1. The smallest absolute Gasteiger partial charge is 0.259 e. The maximum absolute atomic E-state index is 13.4. The molecule has 0 radical (unpaired) electrons. The molecule has 2 N–H and O–H groups in total. The molecule has 4 aliphatic carbocycles. The van der Waals surface area contributed by atoms with Crippen molar-refractivity contribution in [3.63, 3.8) is 0 Å². The Bertz CT molecular complexity index is 979. The van der Waals surface area contributed by atoms with E-state index in [1.165, 1.54) is 44.1 Å². The number of carbonyl (C=O) groups excluding carboxylic acids is 1. The van der Waals surface area contributed by atoms with Crippen LogP contribution >= 0.6 is 0 Å². The van der Waals surface area contributed by atoms with Crippen LogP contribution in [0.2, 0.25) is 0 Å². The molecular weight excluding hydrogens is 396 g/mol. The first-order valence-corrected chi connectivity index (χ1v) is 12.4. The van der Waals surface area contributed by atoms with Gasteiger partial charge >= 0.3 is 0 Å². The second kappa shape index (κ2) is 7.62. The van der Waals surface area contributed by atoms with Gasteiger partial charge in [-0.3, -0.25) is 9.69 Å². The Morgan fingerprint density at radius 2 is 1.62 bits per heavy atom. The predicted octanol–water partition coefficient (Wildman–Crippen LogP) is 4.52. The van der Waals surface area contributed by atoms with Gasteiger partial charge in [-0.2, -0.15) is 0 Å². The highest BCUT2D eigenvalue weighted by molar-refractivity contribution is 5.98. The normalized spacial score (nSPS) is 33.4. The minimum atomic E-state index is 0.0591. The second-order valence-electron chi connectivity index (χ2n) is 11.1. The lowest BCUT2D eigenvalue weighted by Crippen LogP contribution is -2.95. The van der Waals surface area contributed by atoms with Crippen LogP contribution in [0, 0.1) is 23.2 Å². The summed E-state index contributed by atoms with van der Waals surface area (Å²) in [6.45, 7) is 3.08. The van der Waals surface area contributed by atoms with E-state index in [1.807, 2.05) is 24.3 Å². The van der Waals surface area contributed by atoms with Gasteiger partial charge in [-0.25, -0.2) is 0 Å². The van der Waals surface area contributed by atoms with Crippen LogP contribution in [0.4, 0.5) is 0 Å². The lowest BCUT2D eigenvalue weighted by atomic mass is 9.48. The number of nitrogens with two attached hydrogens (primary N) is 1. The average Bonchev–Trinajstić information content (AvgIpc) is 3.05. The molecule has 5 aliphatic rings. The van der Waals surface area contributed by atoms with Gasteiger partial charge in [0.15, 0.2) is 6.17 Å². The van der Waals surface area contributed by atoms with Crippen molar-refractivity contribution in [3.8, 4) is 5.75 Å². The van der Waals surface area contributed by atoms with E-state index in [0.29, 0.717) is 18.0 Å². The predicted molar refractivity (Wildman–Crippen MR) is 124 cm³/mol. The summed E-state index contributed by atoms with van der Waals surface area (Å²) in [6.07, 6.45) is 8.68. The molecule has 2 aromatic carbocycles. The van der Waals surface area contributed by atoms with Crippen LogP contribution < -0.4 is 10.1 Å². The van der Waals surface area contributed by atoms with Crippen LogP contribution in [0.5, 0.6) is 5.75 Å². The number of nitrogens with zero attached hydrogens (tertiary/aromatic N) is 1. The number of hydrogen-bond donors (Lipinski definition) is 1. The maximum atomic E-state index is 13.4. The molecule has 168 valence electrons. The van der Waals surface area contributed by atoms with Crippen LogP contribution in [-0.2, 0) is 6.54 Å². The van der Waals surface area contributed by atoms with Crippen LogP contribution in [0.3, 0.4) is 0 Å². The fourth-order valence-electron chi connectivity index (χ4n) is 7.92. The molecular formula is C28H35N2O2+. The van der Waals surface area contributed by atoms with E-state index >= 15 is 0 Å². The van der Waals surface area contributed by atoms with E-state index in [1.54, 1.807) is 7.11 Å². The highest BCUT2D eigenvalue weighted by Crippen LogP contribution is 2.60. The van der Waals surface area contributed by atoms with Crippen LogP contribution in [-0.4, -0.2) is 24.0 Å². The van der Waals surface area contributed by atoms with Gasteiger partial charge in [0.2, 0.25) is 0 Å². The standard InChI is InChI=1S/C28H34N2O2/c1-18(28-14-20-11-21(15-28)13-22(12-20)16-28)29-26-24-5-3-4-6-25(24)27(31)30(26)17-19-7-9-23(32-2)10-8-19/h3-10,18,20-22,26,29H,11-17H2,1-2H3/p+1/t18-,20?,21?,22?,26+,28?/m1/s1. The lowest BCUT2D eigenvalue weighted by Gasteiger charge is -2.58. The molecule has 0 aromatic heterocycles. The zero-order chi connectivity index (χ0) is 21.9. The van der Waals surface area contributed by atoms with E-state index in [4.69, 9.17) is 4.74 Å². The van der Waals surface area contributed by atoms with E-state index in [-0.39, 0.29) is 12.1 Å². The first-order valence-electron chi connectivity index (χ1n) is 12.4. The van der Waals surface area contributed by atoms with Crippen LogP contribution in [0.25, 0.3) is 0 Å². The third kappa shape index (κ3) is 3.26. The van der Waals surface area contributed by atoms with Gasteiger partial charge in [0, 0.05) is 11.0 Å². The van der Waals surface area contributed by atoms with E-state index in [9.17, 15) is 4.79 Å². The molecule has 2 atom stereocenters. The molecule has 2 aromatic rings. The van der Waals surface area contributed by atoms with Gasteiger partial charge in [0.1, 0.15) is 5.75 Å². The molecule has 0 spiro atoms. The SMILES string of the molecule is COc1ccc(CN2C(=O)c3ccccc3[C@H]2[NH2+][C@H](C)C23CC4CC(CC(C4)C2)C3)cc1. The summed E-state index contributed by atoms with van der Waals surface area (Å²) >= 11 is 0. The Morgan fingerprint density at radius 1 is 1.00 bits per heavy atom. The van der Waals surface area contributed by atoms with Gasteiger partial charge < -0.3 is 10.1 Å². The topological polar surface area (TPSA) is 46.1 Å². The molecule has 1 heterocycles. The summed E-state index contributed by atoms with van der Waals surface area (Å²) < 4.78 is 5.31. The second-order valence-corrected chi connectivity index (χ2v) is 11.1. The molecule has 4 saturated carbocycles. The van der Waals surface area contributed by atoms with Crippen molar-refractivity contribution < 1.29 is 14.8 Å². The third-order valence-corrected chi connectivity index (χ3v) is 9.14. The fourth-order valence-corrected chi connectivity index (χ4v) is 7.92. The number of amides is 1. The molecule has 1 amide bonds. The van der Waals surface area contributed by atoms with Gasteiger partial charge in [0.25, 0.3) is 5.91 Å². The van der Waals surface area contributed by atoms with Gasteiger partial charge in [-0.1, -0.05) is 30.3 Å². The van der Waals surface area contributed by atoms with E-state index in [2.05, 4.69) is 41.4 Å². The van der Waals surface area contributed by atoms with Crippen molar-refractivity contribution in [2.24, 2.45) is 23.2 Å². The van der Waals surface area contributed by atoms with Crippen molar-refractivity contribution in [1.29, 1.82) is 0 Å². The molecule has 1 aliphatic heterocycles. The summed E-state index contributed by atoms with van der Waals surface area (Å²) in [7, 11) is 1.69. The van der Waals surface area contributed by atoms with Crippen LogP contribution in [0.15, 0.2) is 48.5 Å². The summed E-state index contributed by atoms with van der Waals surface area (Å²) in [5.41, 5.74) is 3.66. The Hall–Kier alpha value is -2.33. The Morgan fingerprint density at radius 3 is 2.25 bits per heavy atom. The number of carbonyl (C=O) groups is 1. The average molecular weight is 432 g/mol. The summed E-state index contributed by atoms with van der Waals surface area (Å²) in [6, 6.07) is 16.9. The number of quaternary nitrogens is 1. The molecule has 4 bridgehead atoms. The van der Waals surface area contributed by atoms with Gasteiger partial charge in [0.05, 0.1) is 25.3 Å². The molecule has 4 nitrogen and oxygen atoms in total. The highest BCUT2D eigenvalue weighted by Gasteiger charge is 2.55. The molecule has 0 saturated heterocycles. The molecule has 32 heavy (non-hydrogen) atoms. The molecule has 4 heteroatoms. The third-order valence-electron chi connectivity index (χ3n) is 9.14. The molecule has 7 rings (SSSR count). The van der Waals surface area contributed by atoms with Crippen molar-refractivity contribution in [2.75, 3.05) is 7.11 Å². The van der Waals surface area contributed by atoms with E-state index in [0.717, 1.165) is 34.6 Å². The monoisotopic (exact) mass is 431 g/mol. The lowest BCUT2D eigenvalue weighted by molar-refractivity contribution is -0.753. The van der Waals surface area contributed by atoms with Crippen molar-refractivity contribution in [2.45, 2.75) is 64.2 Å². The minimum Gasteiger partial charge on any atom is -0.497 e. The summed E-state index contributed by atoms with van der Waals surface area (Å²) in [5.74, 6) is 3.86. The molecule has 0 unspecified atom stereocenters. The number of hydrogen-bond acceptors (Lipinski definition) is 2. The zero-order valence-electron chi connectivity index (χ0n) is 19.3. The number of ether oxygens (including phenoxy) is 1. The maximum Gasteiger partial charge on any atom is 0.259 e. The summed E-state index contributed by atoms with van der Waals surface area (Å²) in [4.78, 5) is 15.5. The van der Waals surface area contributed by atoms with Crippen molar-refractivity contribution in [1.82, 2.24) is 4.90 Å². The Balaban J connectivity index is 1.28. The quantitative estimate of drug-likeness (QED) is 0.731. The Kier molecular flexibility index (Phi) is 4.83. The van der Waals surface area contributed by atoms with Gasteiger partial charge in [-0.15, -0.1) is 0 Å². The van der Waals surface area contributed by atoms with Gasteiger partial charge in [-0.05, 0) is 87.0 Å². The fraction of sp³-hybridized carbons (Fsp3) is 0.536. The first-order chi connectivity index (χ1) is 15.5. The highest BCUT2D eigenvalue weighted by atomic mass is 16.5.